The Balaban J connectivity index is 3.41. The van der Waals surface area contributed by atoms with Crippen molar-refractivity contribution in [1.82, 2.24) is 4.98 Å². The summed E-state index contributed by atoms with van der Waals surface area (Å²) in [4.78, 5) is 3.77. The van der Waals surface area contributed by atoms with Gasteiger partial charge in [-0.2, -0.15) is 5.26 Å². The Morgan fingerprint density at radius 2 is 2.21 bits per heavy atom. The van der Waals surface area contributed by atoms with Crippen molar-refractivity contribution in [3.8, 4) is 6.07 Å². The second-order valence-electron chi connectivity index (χ2n) is 2.39. The van der Waals surface area contributed by atoms with E-state index in [0.29, 0.717) is 0 Å². The first-order chi connectivity index (χ1) is 6.61. The Labute approximate surface area is 96.2 Å². The SMILES string of the molecule is N#Cc1cnc(CBr)c(C(F)F)c1Br. The molecular weight excluding hydrogens is 322 g/mol. The third kappa shape index (κ3) is 2.10. The van der Waals surface area contributed by atoms with Gasteiger partial charge in [0.05, 0.1) is 16.8 Å². The maximum Gasteiger partial charge on any atom is 0.266 e. The summed E-state index contributed by atoms with van der Waals surface area (Å²) in [6.07, 6.45) is -1.37. The number of hydrogen-bond donors (Lipinski definition) is 0. The number of hydrogen-bond acceptors (Lipinski definition) is 2. The lowest BCUT2D eigenvalue weighted by atomic mass is 10.1. The summed E-state index contributed by atoms with van der Waals surface area (Å²) in [6, 6.07) is 1.78. The molecule has 2 nitrogen and oxygen atoms in total. The van der Waals surface area contributed by atoms with E-state index in [-0.39, 0.29) is 26.6 Å². The van der Waals surface area contributed by atoms with Crippen LogP contribution in [0, 0.1) is 11.3 Å². The molecule has 0 unspecified atom stereocenters. The molecule has 0 spiro atoms. The van der Waals surface area contributed by atoms with E-state index in [1.54, 1.807) is 6.07 Å². The fraction of sp³-hybridized carbons (Fsp3) is 0.250. The van der Waals surface area contributed by atoms with Crippen LogP contribution >= 0.6 is 31.9 Å². The van der Waals surface area contributed by atoms with Crippen LogP contribution in [0.15, 0.2) is 10.7 Å². The molecule has 1 rings (SSSR count). The van der Waals surface area contributed by atoms with E-state index < -0.39 is 6.43 Å². The van der Waals surface area contributed by atoms with Crippen molar-refractivity contribution >= 4 is 31.9 Å². The van der Waals surface area contributed by atoms with Gasteiger partial charge in [0.15, 0.2) is 0 Å². The van der Waals surface area contributed by atoms with Gasteiger partial charge in [-0.25, -0.2) is 8.78 Å². The lowest BCUT2D eigenvalue weighted by molar-refractivity contribution is 0.149. The standard InChI is InChI=1S/C8H4Br2F2N2/c9-1-5-6(8(11)12)7(10)4(2-13)3-14-5/h3,8H,1H2. The van der Waals surface area contributed by atoms with Crippen LogP contribution in [0.3, 0.4) is 0 Å². The Hall–Kier alpha value is -0.540. The molecule has 0 N–H and O–H groups in total. The fourth-order valence-electron chi connectivity index (χ4n) is 0.947. The number of alkyl halides is 3. The van der Waals surface area contributed by atoms with Crippen molar-refractivity contribution in [3.63, 3.8) is 0 Å². The topological polar surface area (TPSA) is 36.7 Å². The second kappa shape index (κ2) is 4.80. The van der Waals surface area contributed by atoms with Crippen LogP contribution in [-0.2, 0) is 5.33 Å². The van der Waals surface area contributed by atoms with Gasteiger partial charge in [-0.05, 0) is 15.9 Å². The van der Waals surface area contributed by atoms with Gasteiger partial charge in [0.2, 0.25) is 0 Å². The highest BCUT2D eigenvalue weighted by Gasteiger charge is 2.19. The van der Waals surface area contributed by atoms with Crippen molar-refractivity contribution in [3.05, 3.63) is 27.5 Å². The van der Waals surface area contributed by atoms with Crippen LogP contribution in [0.5, 0.6) is 0 Å². The minimum atomic E-state index is -2.64. The van der Waals surface area contributed by atoms with Gasteiger partial charge in [-0.1, -0.05) is 15.9 Å². The Kier molecular flexibility index (Phi) is 3.96. The lowest BCUT2D eigenvalue weighted by Gasteiger charge is -2.08. The molecule has 0 fully saturated rings. The molecule has 0 aliphatic carbocycles. The summed E-state index contributed by atoms with van der Waals surface area (Å²) in [5, 5.41) is 8.84. The number of aromatic nitrogens is 1. The lowest BCUT2D eigenvalue weighted by Crippen LogP contribution is -1.99. The molecule has 14 heavy (non-hydrogen) atoms. The van der Waals surface area contributed by atoms with E-state index in [1.807, 2.05) is 0 Å². The number of pyridine rings is 1. The van der Waals surface area contributed by atoms with Crippen molar-refractivity contribution in [2.75, 3.05) is 0 Å². The maximum absolute atomic E-state index is 12.6. The minimum Gasteiger partial charge on any atom is -0.258 e. The zero-order valence-corrected chi connectivity index (χ0v) is 9.94. The van der Waals surface area contributed by atoms with Gasteiger partial charge in [0, 0.05) is 16.0 Å². The van der Waals surface area contributed by atoms with Crippen LogP contribution in [0.25, 0.3) is 0 Å². The van der Waals surface area contributed by atoms with E-state index in [2.05, 4.69) is 36.8 Å². The summed E-state index contributed by atoms with van der Waals surface area (Å²) in [7, 11) is 0. The molecule has 1 aromatic heterocycles. The first-order valence-electron chi connectivity index (χ1n) is 3.53. The van der Waals surface area contributed by atoms with Gasteiger partial charge in [-0.15, -0.1) is 0 Å². The van der Waals surface area contributed by atoms with Crippen molar-refractivity contribution in [2.45, 2.75) is 11.8 Å². The molecule has 0 atom stereocenters. The molecule has 6 heteroatoms. The van der Waals surface area contributed by atoms with Gasteiger partial charge >= 0.3 is 0 Å². The summed E-state index contributed by atoms with van der Waals surface area (Å²) >= 11 is 6.03. The van der Waals surface area contributed by atoms with E-state index in [9.17, 15) is 8.78 Å². The van der Waals surface area contributed by atoms with Gasteiger partial charge in [0.1, 0.15) is 6.07 Å². The molecule has 0 amide bonds. The predicted molar refractivity (Wildman–Crippen MR) is 54.2 cm³/mol. The van der Waals surface area contributed by atoms with Crippen LogP contribution in [0.1, 0.15) is 23.2 Å². The van der Waals surface area contributed by atoms with E-state index in [0.717, 1.165) is 0 Å². The molecule has 0 aromatic carbocycles. The Bertz CT molecular complexity index is 388. The molecule has 0 aliphatic heterocycles. The minimum absolute atomic E-state index is 0.116. The number of halogens is 4. The second-order valence-corrected chi connectivity index (χ2v) is 3.75. The molecule has 74 valence electrons. The monoisotopic (exact) mass is 324 g/mol. The molecule has 0 aliphatic rings. The maximum atomic E-state index is 12.6. The quantitative estimate of drug-likeness (QED) is 0.780. The Morgan fingerprint density at radius 1 is 1.57 bits per heavy atom. The third-order valence-electron chi connectivity index (χ3n) is 1.60. The molecule has 0 radical (unpaired) electrons. The summed E-state index contributed by atoms with van der Waals surface area (Å²) in [6.45, 7) is 0. The van der Waals surface area contributed by atoms with Crippen LogP contribution in [0.4, 0.5) is 8.78 Å². The number of nitriles is 1. The zero-order valence-electron chi connectivity index (χ0n) is 6.77. The summed E-state index contributed by atoms with van der Waals surface area (Å²) in [5.41, 5.74) is 0.136. The predicted octanol–water partition coefficient (Wildman–Crippen LogP) is 3.55. The van der Waals surface area contributed by atoms with Crippen LogP contribution < -0.4 is 0 Å². The molecule has 0 saturated carbocycles. The summed E-state index contributed by atoms with van der Waals surface area (Å²) < 4.78 is 25.3. The summed E-state index contributed by atoms with van der Waals surface area (Å²) in [5.74, 6) is 0. The van der Waals surface area contributed by atoms with Gasteiger partial charge in [0.25, 0.3) is 6.43 Å². The van der Waals surface area contributed by atoms with E-state index in [1.165, 1.54) is 6.20 Å². The average Bonchev–Trinajstić information content (AvgIpc) is 2.16. The van der Waals surface area contributed by atoms with E-state index >= 15 is 0 Å². The molecule has 0 bridgehead atoms. The van der Waals surface area contributed by atoms with Gasteiger partial charge < -0.3 is 0 Å². The fourth-order valence-corrected chi connectivity index (χ4v) is 1.99. The number of rotatable bonds is 2. The molecule has 1 aromatic rings. The molecule has 1 heterocycles. The van der Waals surface area contributed by atoms with Crippen molar-refractivity contribution < 1.29 is 8.78 Å². The first-order valence-corrected chi connectivity index (χ1v) is 5.44. The van der Waals surface area contributed by atoms with Gasteiger partial charge in [-0.3, -0.25) is 4.98 Å². The van der Waals surface area contributed by atoms with Crippen LogP contribution in [0.2, 0.25) is 0 Å². The third-order valence-corrected chi connectivity index (χ3v) is 2.98. The van der Waals surface area contributed by atoms with Crippen molar-refractivity contribution in [2.24, 2.45) is 0 Å². The molecular formula is C8H4Br2F2N2. The average molecular weight is 326 g/mol. The highest BCUT2D eigenvalue weighted by molar-refractivity contribution is 9.10. The highest BCUT2D eigenvalue weighted by Crippen LogP contribution is 2.32. The first kappa shape index (κ1) is 11.5. The Morgan fingerprint density at radius 3 is 2.64 bits per heavy atom. The molecule has 0 saturated heterocycles. The van der Waals surface area contributed by atoms with Crippen LogP contribution in [-0.4, -0.2) is 4.98 Å². The highest BCUT2D eigenvalue weighted by atomic mass is 79.9. The van der Waals surface area contributed by atoms with E-state index in [4.69, 9.17) is 5.26 Å². The smallest absolute Gasteiger partial charge is 0.258 e. The normalized spacial score (nSPS) is 10.3. The van der Waals surface area contributed by atoms with Crippen molar-refractivity contribution in [1.29, 1.82) is 5.26 Å². The largest absolute Gasteiger partial charge is 0.266 e. The number of nitrogens with zero attached hydrogens (tertiary/aromatic N) is 2. The zero-order chi connectivity index (χ0) is 10.7.